The number of carboxylic acids is 1. The summed E-state index contributed by atoms with van der Waals surface area (Å²) in [4.78, 5) is 25.1. The van der Waals surface area contributed by atoms with Crippen molar-refractivity contribution in [1.82, 2.24) is 4.90 Å². The van der Waals surface area contributed by atoms with Crippen molar-refractivity contribution in [2.75, 3.05) is 23.9 Å². The molecule has 1 aliphatic heterocycles. The summed E-state index contributed by atoms with van der Waals surface area (Å²) in [7, 11) is -3.85. The lowest BCUT2D eigenvalue weighted by Gasteiger charge is -2.26. The molecule has 0 bridgehead atoms. The molecule has 0 radical (unpaired) electrons. The zero-order chi connectivity index (χ0) is 19.1. The van der Waals surface area contributed by atoms with Crippen LogP contribution >= 0.6 is 0 Å². The molecule has 0 atom stereocenters. The fraction of sp³-hybridized carbons (Fsp3) is 0.333. The molecule has 2 aromatic carbocycles. The van der Waals surface area contributed by atoms with Gasteiger partial charge in [0.25, 0.3) is 10.0 Å². The average molecular weight is 376 g/mol. The maximum absolute atomic E-state index is 12.9. The number of anilines is 1. The largest absolute Gasteiger partial charge is 0.480 e. The second-order valence-corrected chi connectivity index (χ2v) is 8.54. The van der Waals surface area contributed by atoms with Crippen LogP contribution < -0.4 is 4.31 Å². The highest BCUT2D eigenvalue weighted by atomic mass is 32.2. The summed E-state index contributed by atoms with van der Waals surface area (Å²) in [5.41, 5.74) is 0.450. The number of carbonyl (C=O) groups excluding carboxylic acids is 1. The predicted molar refractivity (Wildman–Crippen MR) is 97.5 cm³/mol. The summed E-state index contributed by atoms with van der Waals surface area (Å²) < 4.78 is 26.9. The molecule has 7 nitrogen and oxygen atoms in total. The van der Waals surface area contributed by atoms with Gasteiger partial charge in [-0.2, -0.15) is 0 Å². The lowest BCUT2D eigenvalue weighted by atomic mass is 10.1. The second-order valence-electron chi connectivity index (χ2n) is 6.70. The van der Waals surface area contributed by atoms with E-state index in [0.29, 0.717) is 11.1 Å². The van der Waals surface area contributed by atoms with Gasteiger partial charge >= 0.3 is 5.97 Å². The maximum atomic E-state index is 12.9. The Labute approximate surface area is 151 Å². The van der Waals surface area contributed by atoms with E-state index < -0.39 is 35.0 Å². The second kappa shape index (κ2) is 6.60. The van der Waals surface area contributed by atoms with Crippen LogP contribution in [0.25, 0.3) is 10.8 Å². The van der Waals surface area contributed by atoms with Crippen molar-refractivity contribution in [1.29, 1.82) is 0 Å². The third-order valence-electron chi connectivity index (χ3n) is 4.22. The molecule has 1 amide bonds. The molecule has 1 aliphatic rings. The molecule has 0 aromatic heterocycles. The van der Waals surface area contributed by atoms with Crippen LogP contribution in [0.4, 0.5) is 5.69 Å². The first kappa shape index (κ1) is 18.2. The van der Waals surface area contributed by atoms with Crippen LogP contribution in [0.15, 0.2) is 41.3 Å². The van der Waals surface area contributed by atoms with Gasteiger partial charge in [0, 0.05) is 11.9 Å². The number of nitrogens with zero attached hydrogens (tertiary/aromatic N) is 2. The Morgan fingerprint density at radius 3 is 2.42 bits per heavy atom. The number of amides is 1. The summed E-state index contributed by atoms with van der Waals surface area (Å²) in [6.45, 7) is 3.10. The normalized spacial score (nSPS) is 14.8. The first-order chi connectivity index (χ1) is 12.2. The molecule has 0 saturated heterocycles. The molecule has 0 unspecified atom stereocenters. The standard InChI is InChI=1S/C18H20N2O5S/c1-12(2)9-19(11-17(22)23)16(21)10-20-14-7-3-5-13-6-4-8-15(18(13)14)26(20,24)25/h3-8,12H,9-11H2,1-2H3,(H,22,23). The van der Waals surface area contributed by atoms with E-state index in [0.717, 1.165) is 9.69 Å². The van der Waals surface area contributed by atoms with Crippen molar-refractivity contribution >= 4 is 38.4 Å². The zero-order valence-electron chi connectivity index (χ0n) is 14.5. The molecular formula is C18H20N2O5S. The van der Waals surface area contributed by atoms with Gasteiger partial charge in [-0.25, -0.2) is 8.42 Å². The molecule has 1 N–H and O–H groups in total. The fourth-order valence-corrected chi connectivity index (χ4v) is 4.87. The average Bonchev–Trinajstić information content (AvgIpc) is 2.77. The molecule has 1 heterocycles. The molecule has 2 aromatic rings. The van der Waals surface area contributed by atoms with Gasteiger partial charge in [0.1, 0.15) is 13.1 Å². The van der Waals surface area contributed by atoms with Crippen LogP contribution in [-0.4, -0.2) is 49.9 Å². The molecule has 0 saturated carbocycles. The number of carbonyl (C=O) groups is 2. The summed E-state index contributed by atoms with van der Waals surface area (Å²) in [5.74, 6) is -1.60. The van der Waals surface area contributed by atoms with Crippen molar-refractivity contribution < 1.29 is 23.1 Å². The first-order valence-electron chi connectivity index (χ1n) is 8.26. The summed E-state index contributed by atoms with van der Waals surface area (Å²) >= 11 is 0. The van der Waals surface area contributed by atoms with Gasteiger partial charge in [0.05, 0.1) is 10.6 Å². The van der Waals surface area contributed by atoms with Gasteiger partial charge in [-0.15, -0.1) is 0 Å². The lowest BCUT2D eigenvalue weighted by Crippen LogP contribution is -2.45. The van der Waals surface area contributed by atoms with E-state index in [9.17, 15) is 18.0 Å². The van der Waals surface area contributed by atoms with Gasteiger partial charge in [-0.3, -0.25) is 13.9 Å². The van der Waals surface area contributed by atoms with E-state index in [1.54, 1.807) is 18.2 Å². The monoisotopic (exact) mass is 376 g/mol. The number of hydrogen-bond donors (Lipinski definition) is 1. The molecule has 0 spiro atoms. The predicted octanol–water partition coefficient (Wildman–Crippen LogP) is 1.92. The van der Waals surface area contributed by atoms with Crippen LogP contribution in [0.3, 0.4) is 0 Å². The van der Waals surface area contributed by atoms with Crippen molar-refractivity contribution in [2.45, 2.75) is 18.7 Å². The van der Waals surface area contributed by atoms with Crippen LogP contribution in [0.2, 0.25) is 0 Å². The van der Waals surface area contributed by atoms with Crippen LogP contribution in [0.1, 0.15) is 13.8 Å². The quantitative estimate of drug-likeness (QED) is 0.831. The number of hydrogen-bond acceptors (Lipinski definition) is 4. The minimum Gasteiger partial charge on any atom is -0.480 e. The Hall–Kier alpha value is -2.61. The van der Waals surface area contributed by atoms with Crippen LogP contribution in [-0.2, 0) is 19.6 Å². The summed E-state index contributed by atoms with van der Waals surface area (Å²) in [6.07, 6.45) is 0. The van der Waals surface area contributed by atoms with Gasteiger partial charge < -0.3 is 10.0 Å². The molecule has 138 valence electrons. The Kier molecular flexibility index (Phi) is 4.62. The van der Waals surface area contributed by atoms with Crippen molar-refractivity contribution in [3.05, 3.63) is 36.4 Å². The van der Waals surface area contributed by atoms with Gasteiger partial charge in [-0.1, -0.05) is 38.1 Å². The van der Waals surface area contributed by atoms with Crippen LogP contribution in [0, 0.1) is 5.92 Å². The highest BCUT2D eigenvalue weighted by Crippen LogP contribution is 2.41. The van der Waals surface area contributed by atoms with Crippen LogP contribution in [0.5, 0.6) is 0 Å². The minimum absolute atomic E-state index is 0.0640. The molecule has 8 heteroatoms. The van der Waals surface area contributed by atoms with Crippen molar-refractivity contribution in [3.8, 4) is 0 Å². The highest BCUT2D eigenvalue weighted by molar-refractivity contribution is 7.93. The van der Waals surface area contributed by atoms with Gasteiger partial charge in [-0.05, 0) is 23.4 Å². The Balaban J connectivity index is 1.96. The Bertz CT molecular complexity index is 979. The fourth-order valence-electron chi connectivity index (χ4n) is 3.21. The third kappa shape index (κ3) is 3.12. The summed E-state index contributed by atoms with van der Waals surface area (Å²) in [6, 6.07) is 10.2. The number of rotatable bonds is 6. The van der Waals surface area contributed by atoms with E-state index in [1.807, 2.05) is 26.0 Å². The van der Waals surface area contributed by atoms with Crippen molar-refractivity contribution in [2.24, 2.45) is 5.92 Å². The Morgan fingerprint density at radius 1 is 1.15 bits per heavy atom. The van der Waals surface area contributed by atoms with E-state index in [1.165, 1.54) is 11.0 Å². The molecule has 0 fully saturated rings. The summed E-state index contributed by atoms with van der Waals surface area (Å²) in [5, 5.41) is 10.4. The minimum atomic E-state index is -3.85. The van der Waals surface area contributed by atoms with E-state index in [4.69, 9.17) is 5.11 Å². The van der Waals surface area contributed by atoms with E-state index >= 15 is 0 Å². The topological polar surface area (TPSA) is 95.0 Å². The number of sulfonamides is 1. The highest BCUT2D eigenvalue weighted by Gasteiger charge is 2.37. The van der Waals surface area contributed by atoms with E-state index in [-0.39, 0.29) is 17.4 Å². The maximum Gasteiger partial charge on any atom is 0.323 e. The number of aliphatic carboxylic acids is 1. The molecular weight excluding hydrogens is 356 g/mol. The molecule has 0 aliphatic carbocycles. The zero-order valence-corrected chi connectivity index (χ0v) is 15.4. The molecule has 3 rings (SSSR count). The van der Waals surface area contributed by atoms with Crippen molar-refractivity contribution in [3.63, 3.8) is 0 Å². The number of benzene rings is 2. The van der Waals surface area contributed by atoms with Gasteiger partial charge in [0.2, 0.25) is 5.91 Å². The lowest BCUT2D eigenvalue weighted by molar-refractivity contribution is -0.144. The van der Waals surface area contributed by atoms with Gasteiger partial charge in [0.15, 0.2) is 0 Å². The smallest absolute Gasteiger partial charge is 0.323 e. The molecule has 26 heavy (non-hydrogen) atoms. The SMILES string of the molecule is CC(C)CN(CC(=O)O)C(=O)CN1c2cccc3cccc(c23)S1(=O)=O. The third-order valence-corrected chi connectivity index (χ3v) is 6.03. The first-order valence-corrected chi connectivity index (χ1v) is 9.70. The Morgan fingerprint density at radius 2 is 1.81 bits per heavy atom. The van der Waals surface area contributed by atoms with E-state index in [2.05, 4.69) is 0 Å². The number of carboxylic acid groups (broad SMARTS) is 1.